The van der Waals surface area contributed by atoms with Crippen LogP contribution in [0.15, 0.2) is 103 Å². The maximum absolute atomic E-state index is 14.7. The predicted octanol–water partition coefficient (Wildman–Crippen LogP) is 8.60. The molecule has 12 nitrogen and oxygen atoms in total. The number of nitrogens with zero attached hydrogens (tertiary/aromatic N) is 2. The molecule has 4 aromatic carbocycles. The van der Waals surface area contributed by atoms with Gasteiger partial charge in [0.15, 0.2) is 0 Å². The Bertz CT molecular complexity index is 2250. The van der Waals surface area contributed by atoms with Crippen LogP contribution in [0.1, 0.15) is 101 Å². The minimum Gasteiger partial charge on any atom is -0.497 e. The van der Waals surface area contributed by atoms with E-state index in [2.05, 4.69) is 22.8 Å². The third-order valence-electron chi connectivity index (χ3n) is 13.3. The fourth-order valence-corrected chi connectivity index (χ4v) is 9.78. The molecule has 0 spiro atoms. The Labute approximate surface area is 383 Å². The van der Waals surface area contributed by atoms with E-state index in [1.807, 2.05) is 119 Å². The highest BCUT2D eigenvalue weighted by Crippen LogP contribution is 2.44. The summed E-state index contributed by atoms with van der Waals surface area (Å²) in [5, 5.41) is 5.97. The minimum atomic E-state index is -1.05. The van der Waals surface area contributed by atoms with E-state index in [4.69, 9.17) is 14.2 Å². The van der Waals surface area contributed by atoms with Crippen molar-refractivity contribution in [2.75, 3.05) is 39.9 Å². The lowest BCUT2D eigenvalue weighted by atomic mass is 9.68. The zero-order valence-electron chi connectivity index (χ0n) is 38.5. The van der Waals surface area contributed by atoms with Gasteiger partial charge in [-0.1, -0.05) is 97.9 Å². The number of carbonyl (C=O) groups is 5. The molecule has 0 radical (unpaired) electrons. The number of piperidine rings is 2. The van der Waals surface area contributed by atoms with Gasteiger partial charge in [0, 0.05) is 44.9 Å². The average molecular weight is 885 g/mol. The normalized spacial score (nSPS) is 16.9. The number of likely N-dealkylation sites (tertiary alicyclic amines) is 2. The maximum atomic E-state index is 14.7. The van der Waals surface area contributed by atoms with Crippen molar-refractivity contribution in [3.8, 4) is 16.9 Å². The van der Waals surface area contributed by atoms with Crippen molar-refractivity contribution in [3.05, 3.63) is 125 Å². The third-order valence-corrected chi connectivity index (χ3v) is 13.3. The number of carbonyl (C=O) groups excluding carboxylic acids is 5. The second-order valence-electron chi connectivity index (χ2n) is 18.7. The van der Waals surface area contributed by atoms with Gasteiger partial charge in [-0.25, -0.2) is 9.59 Å². The number of ketones is 1. The van der Waals surface area contributed by atoms with Gasteiger partial charge in [-0.3, -0.25) is 14.4 Å². The Hall–Kier alpha value is -6.17. The van der Waals surface area contributed by atoms with Crippen molar-refractivity contribution >= 4 is 29.8 Å². The molecule has 3 aliphatic rings. The third kappa shape index (κ3) is 11.2. The van der Waals surface area contributed by atoms with Gasteiger partial charge in [-0.15, -0.1) is 0 Å². The van der Waals surface area contributed by atoms with Gasteiger partial charge < -0.3 is 34.6 Å². The number of methoxy groups -OCH3 is 1. The van der Waals surface area contributed by atoms with Gasteiger partial charge in [0.05, 0.1) is 12.5 Å². The summed E-state index contributed by atoms with van der Waals surface area (Å²) in [4.78, 5) is 73.4. The number of alkyl carbamates (subject to hydrolysis) is 1. The molecule has 2 N–H and O–H groups in total. The number of ether oxygens (including phenoxy) is 3. The fraction of sp³-hybridized carbons (Fsp3) is 0.453. The molecule has 2 atom stereocenters. The molecule has 0 unspecified atom stereocenters. The van der Waals surface area contributed by atoms with Crippen molar-refractivity contribution in [1.82, 2.24) is 20.4 Å². The van der Waals surface area contributed by atoms with Gasteiger partial charge in [-0.05, 0) is 111 Å². The van der Waals surface area contributed by atoms with Gasteiger partial charge in [0.2, 0.25) is 11.8 Å². The highest BCUT2D eigenvalue weighted by molar-refractivity contribution is 5.93. The molecule has 1 aliphatic carbocycles. The monoisotopic (exact) mass is 884 g/mol. The zero-order valence-corrected chi connectivity index (χ0v) is 38.5. The molecule has 4 amide bonds. The first-order chi connectivity index (χ1) is 31.3. The number of benzene rings is 4. The molecule has 12 heteroatoms. The van der Waals surface area contributed by atoms with E-state index in [0.717, 1.165) is 39.8 Å². The Morgan fingerprint density at radius 1 is 0.738 bits per heavy atom. The quantitative estimate of drug-likeness (QED) is 0.121. The molecule has 2 aliphatic heterocycles. The van der Waals surface area contributed by atoms with E-state index in [9.17, 15) is 24.0 Å². The first-order valence-electron chi connectivity index (χ1n) is 23.2. The molecule has 2 saturated heterocycles. The van der Waals surface area contributed by atoms with Crippen LogP contribution >= 0.6 is 0 Å². The molecule has 4 aromatic rings. The molecule has 0 saturated carbocycles. The summed E-state index contributed by atoms with van der Waals surface area (Å²) in [6.45, 7) is 9.15. The number of Topliss-reactive ketones (excluding diaryl/α,β-unsaturated/α-hetero) is 1. The van der Waals surface area contributed by atoms with Crippen LogP contribution in [-0.2, 0) is 35.7 Å². The molecule has 65 heavy (non-hydrogen) atoms. The largest absolute Gasteiger partial charge is 0.497 e. The van der Waals surface area contributed by atoms with Gasteiger partial charge in [-0.2, -0.15) is 0 Å². The molecule has 2 heterocycles. The second-order valence-corrected chi connectivity index (χ2v) is 18.7. The van der Waals surface area contributed by atoms with Crippen LogP contribution in [0.4, 0.5) is 9.59 Å². The van der Waals surface area contributed by atoms with E-state index < -0.39 is 35.1 Å². The highest BCUT2D eigenvalue weighted by atomic mass is 16.6. The maximum Gasteiger partial charge on any atom is 0.410 e. The first kappa shape index (κ1) is 46.8. The van der Waals surface area contributed by atoms with Crippen LogP contribution < -0.4 is 15.4 Å². The first-order valence-corrected chi connectivity index (χ1v) is 23.2. The molecular weight excluding hydrogens is 821 g/mol. The summed E-state index contributed by atoms with van der Waals surface area (Å²) in [7, 11) is 1.59. The van der Waals surface area contributed by atoms with Crippen LogP contribution in [0.3, 0.4) is 0 Å². The molecule has 0 aromatic heterocycles. The SMILES string of the molecule is CCCC(=O)C1(c2ccccc2)CCN(C(=O)[C@@H](Cc2ccc(OC)cc2)NC(=O)[C@H](CC2CCN(C(=O)OC(C)(C)C)CC2)NC(=O)OCC2c3ccccc3-c3ccccc32)CC1. The van der Waals surface area contributed by atoms with Crippen LogP contribution in [-0.4, -0.2) is 97.2 Å². The van der Waals surface area contributed by atoms with E-state index in [1.165, 1.54) is 0 Å². The lowest BCUT2D eigenvalue weighted by molar-refractivity contribution is -0.140. The van der Waals surface area contributed by atoms with E-state index in [-0.39, 0.29) is 49.1 Å². The van der Waals surface area contributed by atoms with Crippen molar-refractivity contribution < 1.29 is 38.2 Å². The minimum absolute atomic E-state index is 0.0251. The Kier molecular flexibility index (Phi) is 15.0. The summed E-state index contributed by atoms with van der Waals surface area (Å²) in [5.41, 5.74) is 4.80. The second kappa shape index (κ2) is 20.8. The number of nitrogens with one attached hydrogen (secondary N) is 2. The number of fused-ring (bicyclic) bond motifs is 3. The van der Waals surface area contributed by atoms with Crippen LogP contribution in [0.25, 0.3) is 11.1 Å². The summed E-state index contributed by atoms with van der Waals surface area (Å²) >= 11 is 0. The molecule has 2 fully saturated rings. The summed E-state index contributed by atoms with van der Waals surface area (Å²) in [6, 6.07) is 31.4. The molecule has 7 rings (SSSR count). The van der Waals surface area contributed by atoms with Gasteiger partial charge in [0.1, 0.15) is 35.8 Å². The lowest BCUT2D eigenvalue weighted by Gasteiger charge is -2.42. The number of amides is 4. The topological polar surface area (TPSA) is 144 Å². The van der Waals surface area contributed by atoms with E-state index in [0.29, 0.717) is 64.0 Å². The Morgan fingerprint density at radius 2 is 1.34 bits per heavy atom. The number of rotatable bonds is 15. The lowest BCUT2D eigenvalue weighted by Crippen LogP contribution is -2.58. The smallest absolute Gasteiger partial charge is 0.410 e. The van der Waals surface area contributed by atoms with Gasteiger partial charge >= 0.3 is 12.2 Å². The molecule has 344 valence electrons. The van der Waals surface area contributed by atoms with Crippen molar-refractivity contribution in [2.45, 2.75) is 108 Å². The van der Waals surface area contributed by atoms with Crippen LogP contribution in [0.2, 0.25) is 0 Å². The average Bonchev–Trinajstić information content (AvgIpc) is 3.63. The fourth-order valence-electron chi connectivity index (χ4n) is 9.78. The summed E-state index contributed by atoms with van der Waals surface area (Å²) in [6.07, 6.45) is 2.67. The Morgan fingerprint density at radius 3 is 1.92 bits per heavy atom. The molecule has 0 bridgehead atoms. The standard InChI is InChI=1S/C53H64N4O8/c1-6-14-47(58)53(38-15-8-7-9-16-38)27-31-56(32-28-53)49(60)46(34-36-21-23-39(63-5)24-22-36)54-48(59)45(33-37-25-29-57(30-26-37)51(62)65-52(2,3)4)55-50(61)64-35-44-42-19-12-10-17-40(42)41-18-11-13-20-43(41)44/h7-13,15-24,37,44-46H,6,14,25-35H2,1-5H3,(H,54,59)(H,55,61)/t45-,46+/m0/s1. The Balaban J connectivity index is 1.10. The number of hydrogen-bond acceptors (Lipinski definition) is 8. The highest BCUT2D eigenvalue weighted by Gasteiger charge is 2.44. The van der Waals surface area contributed by atoms with E-state index >= 15 is 0 Å². The zero-order chi connectivity index (χ0) is 46.1. The summed E-state index contributed by atoms with van der Waals surface area (Å²) in [5.74, 6) is -0.122. The van der Waals surface area contributed by atoms with Crippen molar-refractivity contribution in [3.63, 3.8) is 0 Å². The number of hydrogen-bond donors (Lipinski definition) is 2. The van der Waals surface area contributed by atoms with Crippen molar-refractivity contribution in [1.29, 1.82) is 0 Å². The van der Waals surface area contributed by atoms with Crippen molar-refractivity contribution in [2.24, 2.45) is 5.92 Å². The summed E-state index contributed by atoms with van der Waals surface area (Å²) < 4.78 is 17.0. The van der Waals surface area contributed by atoms with Gasteiger partial charge in [0.25, 0.3) is 0 Å². The van der Waals surface area contributed by atoms with Crippen LogP contribution in [0.5, 0.6) is 5.75 Å². The predicted molar refractivity (Wildman–Crippen MR) is 250 cm³/mol. The van der Waals surface area contributed by atoms with E-state index in [1.54, 1.807) is 16.9 Å². The molecular formula is C53H64N4O8. The van der Waals surface area contributed by atoms with Crippen LogP contribution in [0, 0.1) is 5.92 Å².